The number of carbonyl (C=O) groups is 2. The number of aryl methyl sites for hydroxylation is 2. The van der Waals surface area contributed by atoms with Crippen molar-refractivity contribution >= 4 is 11.8 Å². The van der Waals surface area contributed by atoms with Gasteiger partial charge in [-0.15, -0.1) is 5.10 Å². The van der Waals surface area contributed by atoms with Crippen LogP contribution in [0.2, 0.25) is 0 Å². The minimum Gasteiger partial charge on any atom is -0.345 e. The van der Waals surface area contributed by atoms with Gasteiger partial charge in [0.25, 0.3) is 5.91 Å². The lowest BCUT2D eigenvalue weighted by Crippen LogP contribution is -2.41. The lowest BCUT2D eigenvalue weighted by atomic mass is 10.1. The molecule has 0 aliphatic carbocycles. The van der Waals surface area contributed by atoms with Crippen LogP contribution in [0.25, 0.3) is 0 Å². The van der Waals surface area contributed by atoms with Gasteiger partial charge in [-0.1, -0.05) is 35.5 Å². The molecule has 3 aromatic rings. The minimum atomic E-state index is -0.433. The molecule has 0 fully saturated rings. The Balaban J connectivity index is 1.50. The maximum Gasteiger partial charge on any atom is 0.272 e. The standard InChI is InChI=1S/C20H23N7O2/c1-13-9-16(23-25(13)3)19(28)21-10-17-18-12-26(11-15-7-5-4-6-8-15)20(29)14(2)27(18)24-22-17/h4-9,14H,10-12H2,1-3H3,(H,21,28). The van der Waals surface area contributed by atoms with E-state index in [-0.39, 0.29) is 18.4 Å². The third-order valence-corrected chi connectivity index (χ3v) is 5.23. The maximum absolute atomic E-state index is 12.7. The lowest BCUT2D eigenvalue weighted by molar-refractivity contribution is -0.138. The van der Waals surface area contributed by atoms with Crippen LogP contribution in [-0.4, -0.2) is 41.5 Å². The van der Waals surface area contributed by atoms with E-state index in [1.165, 1.54) is 0 Å². The SMILES string of the molecule is Cc1cc(C(=O)NCc2nnn3c2CN(Cc2ccccc2)C(=O)C3C)nn1C. The molecule has 150 valence electrons. The smallest absolute Gasteiger partial charge is 0.272 e. The molecule has 1 aliphatic rings. The first-order valence-electron chi connectivity index (χ1n) is 9.48. The number of aromatic nitrogens is 5. The number of amides is 2. The molecular formula is C20H23N7O2. The van der Waals surface area contributed by atoms with Crippen molar-refractivity contribution in [2.75, 3.05) is 0 Å². The molecule has 1 aromatic carbocycles. The van der Waals surface area contributed by atoms with E-state index in [4.69, 9.17) is 0 Å². The highest BCUT2D eigenvalue weighted by Gasteiger charge is 2.33. The van der Waals surface area contributed by atoms with Gasteiger partial charge >= 0.3 is 0 Å². The number of carbonyl (C=O) groups excluding carboxylic acids is 2. The molecule has 4 rings (SSSR count). The molecule has 1 N–H and O–H groups in total. The van der Waals surface area contributed by atoms with E-state index in [0.29, 0.717) is 24.5 Å². The lowest BCUT2D eigenvalue weighted by Gasteiger charge is -2.31. The van der Waals surface area contributed by atoms with Crippen LogP contribution in [0, 0.1) is 6.92 Å². The van der Waals surface area contributed by atoms with Crippen molar-refractivity contribution in [3.8, 4) is 0 Å². The molecule has 0 bridgehead atoms. The van der Waals surface area contributed by atoms with Crippen molar-refractivity contribution in [3.05, 3.63) is 64.7 Å². The Bertz CT molecular complexity index is 1030. The second-order valence-electron chi connectivity index (χ2n) is 7.26. The summed E-state index contributed by atoms with van der Waals surface area (Å²) in [5.41, 5.74) is 3.82. The molecule has 1 unspecified atom stereocenters. The molecule has 0 spiro atoms. The number of hydrogen-bond acceptors (Lipinski definition) is 5. The Morgan fingerprint density at radius 1 is 1.28 bits per heavy atom. The molecule has 2 aromatic heterocycles. The van der Waals surface area contributed by atoms with E-state index in [2.05, 4.69) is 20.7 Å². The Hall–Kier alpha value is -3.49. The van der Waals surface area contributed by atoms with Crippen molar-refractivity contribution in [1.29, 1.82) is 0 Å². The third kappa shape index (κ3) is 3.63. The maximum atomic E-state index is 12.7. The first kappa shape index (κ1) is 18.9. The summed E-state index contributed by atoms with van der Waals surface area (Å²) in [7, 11) is 1.79. The molecule has 1 aliphatic heterocycles. The number of hydrogen-bond donors (Lipinski definition) is 1. The summed E-state index contributed by atoms with van der Waals surface area (Å²) >= 11 is 0. The fourth-order valence-corrected chi connectivity index (χ4v) is 3.45. The molecule has 1 atom stereocenters. The van der Waals surface area contributed by atoms with Crippen LogP contribution < -0.4 is 5.32 Å². The highest BCUT2D eigenvalue weighted by molar-refractivity contribution is 5.92. The van der Waals surface area contributed by atoms with Gasteiger partial charge in [-0.05, 0) is 25.5 Å². The molecule has 3 heterocycles. The number of fused-ring (bicyclic) bond motifs is 1. The largest absolute Gasteiger partial charge is 0.345 e. The van der Waals surface area contributed by atoms with Crippen molar-refractivity contribution in [2.45, 2.75) is 39.5 Å². The molecule has 2 amide bonds. The van der Waals surface area contributed by atoms with Crippen molar-refractivity contribution < 1.29 is 9.59 Å². The fourth-order valence-electron chi connectivity index (χ4n) is 3.45. The minimum absolute atomic E-state index is 0.00537. The van der Waals surface area contributed by atoms with Crippen LogP contribution in [-0.2, 0) is 31.5 Å². The highest BCUT2D eigenvalue weighted by atomic mass is 16.2. The van der Waals surface area contributed by atoms with E-state index in [1.54, 1.807) is 27.4 Å². The average molecular weight is 393 g/mol. The van der Waals surface area contributed by atoms with Gasteiger partial charge in [0.05, 0.1) is 18.8 Å². The normalized spacial score (nSPS) is 16.0. The van der Waals surface area contributed by atoms with Crippen LogP contribution in [0.4, 0.5) is 0 Å². The Labute approximate surface area is 168 Å². The summed E-state index contributed by atoms with van der Waals surface area (Å²) in [6.45, 7) is 4.85. The molecule has 9 nitrogen and oxygen atoms in total. The first-order chi connectivity index (χ1) is 13.9. The third-order valence-electron chi connectivity index (χ3n) is 5.23. The second kappa shape index (κ2) is 7.50. The van der Waals surface area contributed by atoms with Crippen LogP contribution in [0.15, 0.2) is 36.4 Å². The molecule has 0 saturated carbocycles. The van der Waals surface area contributed by atoms with Crippen LogP contribution >= 0.6 is 0 Å². The number of rotatable bonds is 5. The topological polar surface area (TPSA) is 97.9 Å². The Morgan fingerprint density at radius 3 is 2.72 bits per heavy atom. The van der Waals surface area contributed by atoms with E-state index in [9.17, 15) is 9.59 Å². The van der Waals surface area contributed by atoms with Gasteiger partial charge < -0.3 is 10.2 Å². The van der Waals surface area contributed by atoms with E-state index >= 15 is 0 Å². The summed E-state index contributed by atoms with van der Waals surface area (Å²) in [4.78, 5) is 26.9. The zero-order chi connectivity index (χ0) is 20.5. The zero-order valence-electron chi connectivity index (χ0n) is 16.7. The van der Waals surface area contributed by atoms with E-state index in [1.807, 2.05) is 44.2 Å². The van der Waals surface area contributed by atoms with Gasteiger partial charge in [0, 0.05) is 19.3 Å². The first-order valence-corrected chi connectivity index (χ1v) is 9.48. The summed E-state index contributed by atoms with van der Waals surface area (Å²) in [6.07, 6.45) is 0. The van der Waals surface area contributed by atoms with Gasteiger partial charge in [0.2, 0.25) is 5.91 Å². The van der Waals surface area contributed by atoms with Gasteiger partial charge in [0.15, 0.2) is 0 Å². The van der Waals surface area contributed by atoms with Crippen molar-refractivity contribution in [3.63, 3.8) is 0 Å². The quantitative estimate of drug-likeness (QED) is 0.706. The van der Waals surface area contributed by atoms with Crippen LogP contribution in [0.1, 0.15) is 46.1 Å². The highest BCUT2D eigenvalue weighted by Crippen LogP contribution is 2.24. The summed E-state index contributed by atoms with van der Waals surface area (Å²) in [6, 6.07) is 11.2. The van der Waals surface area contributed by atoms with E-state index < -0.39 is 6.04 Å². The number of benzene rings is 1. The number of nitrogens with one attached hydrogen (secondary N) is 1. The zero-order valence-corrected chi connectivity index (χ0v) is 16.7. The van der Waals surface area contributed by atoms with Gasteiger partial charge in [0.1, 0.15) is 17.4 Å². The molecule has 0 saturated heterocycles. The Kier molecular flexibility index (Phi) is 4.87. The predicted octanol–water partition coefficient (Wildman–Crippen LogP) is 1.35. The number of nitrogens with zero attached hydrogens (tertiary/aromatic N) is 6. The van der Waals surface area contributed by atoms with Crippen LogP contribution in [0.5, 0.6) is 0 Å². The molecule has 29 heavy (non-hydrogen) atoms. The summed E-state index contributed by atoms with van der Waals surface area (Å²) < 4.78 is 3.31. The average Bonchev–Trinajstić information content (AvgIpc) is 3.28. The monoisotopic (exact) mass is 393 g/mol. The fraction of sp³-hybridized carbons (Fsp3) is 0.350. The molecule has 9 heteroatoms. The van der Waals surface area contributed by atoms with Gasteiger partial charge in [-0.2, -0.15) is 5.10 Å². The summed E-state index contributed by atoms with van der Waals surface area (Å²) in [5.74, 6) is -0.262. The molecule has 0 radical (unpaired) electrons. The Morgan fingerprint density at radius 2 is 2.03 bits per heavy atom. The van der Waals surface area contributed by atoms with Gasteiger partial charge in [-0.25, -0.2) is 4.68 Å². The van der Waals surface area contributed by atoms with Crippen molar-refractivity contribution in [2.24, 2.45) is 7.05 Å². The van der Waals surface area contributed by atoms with Gasteiger partial charge in [-0.3, -0.25) is 14.3 Å². The predicted molar refractivity (Wildman–Crippen MR) is 105 cm³/mol. The molecular weight excluding hydrogens is 370 g/mol. The van der Waals surface area contributed by atoms with Crippen LogP contribution in [0.3, 0.4) is 0 Å². The second-order valence-corrected chi connectivity index (χ2v) is 7.26. The van der Waals surface area contributed by atoms with E-state index in [0.717, 1.165) is 17.0 Å². The summed E-state index contributed by atoms with van der Waals surface area (Å²) in [5, 5.41) is 15.4. The van der Waals surface area contributed by atoms with Crippen molar-refractivity contribution in [1.82, 2.24) is 35.0 Å².